The summed E-state index contributed by atoms with van der Waals surface area (Å²) in [5, 5.41) is 3.34. The molecule has 2 unspecified atom stereocenters. The van der Waals surface area contributed by atoms with Gasteiger partial charge in [-0.25, -0.2) is 9.79 Å². The fourth-order valence-electron chi connectivity index (χ4n) is 3.44. The first kappa shape index (κ1) is 19.7. The van der Waals surface area contributed by atoms with Gasteiger partial charge in [0.25, 0.3) is 5.91 Å². The maximum absolute atomic E-state index is 12.5. The number of carbonyl (C=O) groups is 2. The first-order valence-corrected chi connectivity index (χ1v) is 10.7. The van der Waals surface area contributed by atoms with Gasteiger partial charge in [0.15, 0.2) is 17.4 Å². The highest BCUT2D eigenvalue weighted by molar-refractivity contribution is 8.13. The molecule has 0 radical (unpaired) electrons. The van der Waals surface area contributed by atoms with Gasteiger partial charge in [0.05, 0.1) is 0 Å². The molecule has 1 N–H and O–H groups in total. The lowest BCUT2D eigenvalue weighted by molar-refractivity contribution is -0.127. The number of thioether (sulfide) groups is 1. The van der Waals surface area contributed by atoms with Gasteiger partial charge < -0.3 is 9.80 Å². The lowest BCUT2D eigenvalue weighted by Gasteiger charge is -2.36. The van der Waals surface area contributed by atoms with Crippen LogP contribution in [0.3, 0.4) is 0 Å². The van der Waals surface area contributed by atoms with Crippen LogP contribution in [0.1, 0.15) is 38.2 Å². The van der Waals surface area contributed by atoms with Crippen LogP contribution in [0.4, 0.5) is 4.79 Å². The second kappa shape index (κ2) is 9.26. The van der Waals surface area contributed by atoms with Crippen molar-refractivity contribution in [3.63, 3.8) is 0 Å². The number of carbonyl (C=O) groups excluding carboxylic acids is 2. The number of amidine groups is 1. The molecule has 7 heteroatoms. The first-order chi connectivity index (χ1) is 13.1. The molecule has 6 nitrogen and oxygen atoms in total. The zero-order valence-electron chi connectivity index (χ0n) is 16.1. The summed E-state index contributed by atoms with van der Waals surface area (Å²) in [7, 11) is 1.70. The van der Waals surface area contributed by atoms with Crippen molar-refractivity contribution in [3.8, 4) is 0 Å². The van der Waals surface area contributed by atoms with E-state index in [1.807, 2.05) is 18.2 Å². The predicted molar refractivity (Wildman–Crippen MR) is 110 cm³/mol. The molecule has 2 aliphatic rings. The van der Waals surface area contributed by atoms with Gasteiger partial charge in [-0.05, 0) is 18.4 Å². The van der Waals surface area contributed by atoms with Crippen LogP contribution < -0.4 is 5.32 Å². The number of urea groups is 1. The van der Waals surface area contributed by atoms with Crippen molar-refractivity contribution in [3.05, 3.63) is 35.9 Å². The number of hydrogen-bond donors (Lipinski definition) is 1. The average molecular weight is 389 g/mol. The number of fused-ring (bicyclic) bond motifs is 1. The van der Waals surface area contributed by atoms with Crippen molar-refractivity contribution in [2.75, 3.05) is 19.3 Å². The maximum atomic E-state index is 12.5. The Morgan fingerprint density at radius 3 is 2.67 bits per heavy atom. The van der Waals surface area contributed by atoms with Crippen LogP contribution in [0, 0.1) is 0 Å². The molecule has 3 rings (SSSR count). The fraction of sp³-hybridized carbons (Fsp3) is 0.550. The summed E-state index contributed by atoms with van der Waals surface area (Å²) in [6, 6.07) is 9.44. The highest BCUT2D eigenvalue weighted by Crippen LogP contribution is 2.29. The monoisotopic (exact) mass is 388 g/mol. The summed E-state index contributed by atoms with van der Waals surface area (Å²) in [5.74, 6) is 0.737. The molecule has 0 aromatic heterocycles. The van der Waals surface area contributed by atoms with E-state index in [0.29, 0.717) is 6.54 Å². The van der Waals surface area contributed by atoms with Gasteiger partial charge in [-0.3, -0.25) is 10.1 Å². The van der Waals surface area contributed by atoms with Crippen molar-refractivity contribution < 1.29 is 9.59 Å². The van der Waals surface area contributed by atoms with Crippen molar-refractivity contribution in [1.29, 1.82) is 0 Å². The van der Waals surface area contributed by atoms with Gasteiger partial charge in [0.1, 0.15) is 0 Å². The lowest BCUT2D eigenvalue weighted by Crippen LogP contribution is -2.63. The average Bonchev–Trinajstić information content (AvgIpc) is 3.04. The number of benzene rings is 1. The summed E-state index contributed by atoms with van der Waals surface area (Å²) < 4.78 is 0. The van der Waals surface area contributed by atoms with Crippen LogP contribution in [0.15, 0.2) is 35.3 Å². The molecule has 1 saturated heterocycles. The van der Waals surface area contributed by atoms with Gasteiger partial charge in [-0.15, -0.1) is 0 Å². The number of rotatable bonds is 8. The van der Waals surface area contributed by atoms with Crippen LogP contribution >= 0.6 is 11.8 Å². The largest absolute Gasteiger partial charge is 0.335 e. The lowest BCUT2D eigenvalue weighted by atomic mass is 10.1. The van der Waals surface area contributed by atoms with E-state index < -0.39 is 12.2 Å². The number of aliphatic imine (C=N–C) groups is 1. The maximum Gasteiger partial charge on any atom is 0.325 e. The minimum absolute atomic E-state index is 0.249. The number of nitrogens with one attached hydrogen (secondary N) is 1. The third-order valence-electron chi connectivity index (χ3n) is 5.04. The van der Waals surface area contributed by atoms with Crippen molar-refractivity contribution >= 4 is 28.9 Å². The minimum Gasteiger partial charge on any atom is -0.335 e. The van der Waals surface area contributed by atoms with Crippen LogP contribution in [-0.4, -0.2) is 58.5 Å². The topological polar surface area (TPSA) is 65.0 Å². The van der Waals surface area contributed by atoms with Crippen molar-refractivity contribution in [1.82, 2.24) is 15.1 Å². The van der Waals surface area contributed by atoms with E-state index in [0.717, 1.165) is 23.8 Å². The molecule has 0 aliphatic carbocycles. The Morgan fingerprint density at radius 1 is 1.15 bits per heavy atom. The molecule has 1 aromatic carbocycles. The molecule has 0 saturated carbocycles. The number of unbranched alkanes of at least 4 members (excludes halogenated alkanes) is 3. The molecule has 0 bridgehead atoms. The first-order valence-electron chi connectivity index (χ1n) is 9.70. The molecule has 2 heterocycles. The number of nitrogens with zero attached hydrogens (tertiary/aromatic N) is 3. The Hall–Kier alpha value is -2.02. The van der Waals surface area contributed by atoms with Crippen LogP contribution in [0.25, 0.3) is 0 Å². The second-order valence-corrected chi connectivity index (χ2v) is 8.08. The Labute approximate surface area is 165 Å². The summed E-state index contributed by atoms with van der Waals surface area (Å²) in [6.45, 7) is 2.91. The summed E-state index contributed by atoms with van der Waals surface area (Å²) in [6.07, 6.45) is 5.22. The van der Waals surface area contributed by atoms with E-state index in [4.69, 9.17) is 4.99 Å². The molecule has 27 heavy (non-hydrogen) atoms. The Bertz CT molecular complexity index is 694. The molecular weight excluding hydrogens is 360 g/mol. The second-order valence-electron chi connectivity index (χ2n) is 7.01. The SMILES string of the molecule is CCCCCCSC1=NC2C(C(=O)NC(=O)N2C)N1CCc1ccccc1. The predicted octanol–water partition coefficient (Wildman–Crippen LogP) is 3.09. The van der Waals surface area contributed by atoms with Gasteiger partial charge in [0.2, 0.25) is 0 Å². The minimum atomic E-state index is -0.436. The molecule has 0 spiro atoms. The van der Waals surface area contributed by atoms with Crippen LogP contribution in [0.5, 0.6) is 0 Å². The Morgan fingerprint density at radius 2 is 1.93 bits per heavy atom. The molecule has 2 atom stereocenters. The summed E-state index contributed by atoms with van der Waals surface area (Å²) >= 11 is 1.71. The molecule has 1 fully saturated rings. The quantitative estimate of drug-likeness (QED) is 0.695. The molecule has 146 valence electrons. The summed E-state index contributed by atoms with van der Waals surface area (Å²) in [4.78, 5) is 32.9. The van der Waals surface area contributed by atoms with E-state index in [2.05, 4.69) is 29.3 Å². The van der Waals surface area contributed by atoms with E-state index in [-0.39, 0.29) is 11.9 Å². The summed E-state index contributed by atoms with van der Waals surface area (Å²) in [5.41, 5.74) is 1.23. The molecule has 1 aromatic rings. The van der Waals surface area contributed by atoms with E-state index >= 15 is 0 Å². The highest BCUT2D eigenvalue weighted by atomic mass is 32.2. The van der Waals surface area contributed by atoms with E-state index in [1.54, 1.807) is 18.8 Å². The number of imide groups is 1. The Kier molecular flexibility index (Phi) is 6.77. The zero-order chi connectivity index (χ0) is 19.2. The highest BCUT2D eigenvalue weighted by Gasteiger charge is 2.48. The smallest absolute Gasteiger partial charge is 0.325 e. The van der Waals surface area contributed by atoms with Crippen LogP contribution in [0.2, 0.25) is 0 Å². The molecule has 2 aliphatic heterocycles. The van der Waals surface area contributed by atoms with Crippen molar-refractivity contribution in [2.45, 2.75) is 51.2 Å². The van der Waals surface area contributed by atoms with Gasteiger partial charge in [0, 0.05) is 19.3 Å². The van der Waals surface area contributed by atoms with E-state index in [1.165, 1.54) is 29.7 Å². The third-order valence-corrected chi connectivity index (χ3v) is 6.13. The molecular formula is C20H28N4O2S. The van der Waals surface area contributed by atoms with Gasteiger partial charge in [-0.1, -0.05) is 68.3 Å². The van der Waals surface area contributed by atoms with Gasteiger partial charge in [-0.2, -0.15) is 0 Å². The van der Waals surface area contributed by atoms with E-state index in [9.17, 15) is 9.59 Å². The van der Waals surface area contributed by atoms with Crippen molar-refractivity contribution in [2.24, 2.45) is 4.99 Å². The normalized spacial score (nSPS) is 21.9. The van der Waals surface area contributed by atoms with Crippen LogP contribution in [-0.2, 0) is 11.2 Å². The standard InChI is InChI=1S/C20H28N4O2S/c1-3-4-5-9-14-27-20-21-17-16(18(25)22-19(26)23(17)2)24(20)13-12-15-10-7-6-8-11-15/h6-8,10-11,16-17H,3-5,9,12-14H2,1-2H3,(H,22,25,26). The number of amides is 3. The molecule has 3 amide bonds. The third kappa shape index (κ3) is 4.64. The van der Waals surface area contributed by atoms with Gasteiger partial charge >= 0.3 is 6.03 Å². The Balaban J connectivity index is 1.70. The fourth-order valence-corrected chi connectivity index (χ4v) is 4.53. The number of hydrogen-bond acceptors (Lipinski definition) is 5. The number of likely N-dealkylation sites (N-methyl/N-ethyl adjacent to an activating group) is 1. The zero-order valence-corrected chi connectivity index (χ0v) is 16.9.